The van der Waals surface area contributed by atoms with Crippen LogP contribution in [-0.4, -0.2) is 54.7 Å². The third-order valence-corrected chi connectivity index (χ3v) is 8.31. The average Bonchev–Trinajstić information content (AvgIpc) is 2.73. The molecule has 0 bridgehead atoms. The Labute approximate surface area is 182 Å². The van der Waals surface area contributed by atoms with Crippen molar-refractivity contribution in [2.24, 2.45) is 0 Å². The van der Waals surface area contributed by atoms with Gasteiger partial charge in [-0.05, 0) is 31.4 Å². The second-order valence-electron chi connectivity index (χ2n) is 8.03. The van der Waals surface area contributed by atoms with Crippen molar-refractivity contribution in [3.05, 3.63) is 58.9 Å². The minimum atomic E-state index is -3.71. The van der Waals surface area contributed by atoms with E-state index in [0.29, 0.717) is 23.8 Å². The number of pyridine rings is 1. The minimum absolute atomic E-state index is 0.0258. The smallest absolute Gasteiger partial charge is 0.245 e. The summed E-state index contributed by atoms with van der Waals surface area (Å²) in [6, 6.07) is 11.2. The molecule has 8 heteroatoms. The first-order valence-corrected chi connectivity index (χ1v) is 12.2. The largest absolute Gasteiger partial charge is 0.340 e. The Balaban J connectivity index is 1.47. The number of hydrogen-bond acceptors (Lipinski definition) is 4. The van der Waals surface area contributed by atoms with Gasteiger partial charge in [-0.2, -0.15) is 4.31 Å². The summed E-state index contributed by atoms with van der Waals surface area (Å²) in [6.45, 7) is 3.19. The zero-order valence-corrected chi connectivity index (χ0v) is 18.6. The van der Waals surface area contributed by atoms with Crippen LogP contribution < -0.4 is 0 Å². The fourth-order valence-corrected chi connectivity index (χ4v) is 5.98. The molecule has 1 aliphatic carbocycles. The van der Waals surface area contributed by atoms with Gasteiger partial charge in [0.1, 0.15) is 4.90 Å². The summed E-state index contributed by atoms with van der Waals surface area (Å²) in [5.41, 5.74) is 1.59. The molecule has 30 heavy (non-hydrogen) atoms. The molecule has 1 saturated carbocycles. The highest BCUT2D eigenvalue weighted by molar-refractivity contribution is 7.89. The van der Waals surface area contributed by atoms with E-state index in [0.717, 1.165) is 24.8 Å². The van der Waals surface area contributed by atoms with E-state index in [2.05, 4.69) is 4.98 Å². The van der Waals surface area contributed by atoms with Crippen LogP contribution in [0.15, 0.2) is 47.5 Å². The van der Waals surface area contributed by atoms with E-state index in [1.807, 2.05) is 37.3 Å². The number of nitrogens with zero attached hydrogens (tertiary/aromatic N) is 3. The van der Waals surface area contributed by atoms with Gasteiger partial charge in [0.05, 0.1) is 16.6 Å². The number of carbonyl (C=O) groups is 1. The van der Waals surface area contributed by atoms with Crippen LogP contribution in [0.2, 0.25) is 5.02 Å². The Morgan fingerprint density at radius 1 is 1.13 bits per heavy atom. The molecule has 1 aromatic carbocycles. The monoisotopic (exact) mass is 447 g/mol. The van der Waals surface area contributed by atoms with Gasteiger partial charge in [-0.3, -0.25) is 9.78 Å². The van der Waals surface area contributed by atoms with Gasteiger partial charge in [-0.15, -0.1) is 0 Å². The third kappa shape index (κ3) is 4.11. The average molecular weight is 448 g/mol. The first-order chi connectivity index (χ1) is 14.4. The van der Waals surface area contributed by atoms with Crippen molar-refractivity contribution in [2.75, 3.05) is 26.2 Å². The van der Waals surface area contributed by atoms with Crippen molar-refractivity contribution in [1.29, 1.82) is 0 Å². The van der Waals surface area contributed by atoms with Crippen molar-refractivity contribution in [3.63, 3.8) is 0 Å². The molecular weight excluding hydrogens is 422 g/mol. The summed E-state index contributed by atoms with van der Waals surface area (Å²) in [4.78, 5) is 19.2. The second kappa shape index (κ2) is 8.65. The first kappa shape index (κ1) is 21.3. The van der Waals surface area contributed by atoms with Crippen LogP contribution in [0.3, 0.4) is 0 Å². The Hall–Kier alpha value is -1.96. The van der Waals surface area contributed by atoms with E-state index in [9.17, 15) is 13.2 Å². The van der Waals surface area contributed by atoms with Crippen LogP contribution in [0.25, 0.3) is 0 Å². The molecule has 2 aliphatic rings. The number of hydrogen-bond donors (Lipinski definition) is 0. The van der Waals surface area contributed by atoms with Crippen molar-refractivity contribution < 1.29 is 13.2 Å². The van der Waals surface area contributed by atoms with E-state index in [-0.39, 0.29) is 35.7 Å². The number of aromatic nitrogens is 1. The Morgan fingerprint density at radius 2 is 1.80 bits per heavy atom. The molecule has 0 spiro atoms. The highest BCUT2D eigenvalue weighted by atomic mass is 35.5. The fourth-order valence-electron chi connectivity index (χ4n) is 4.07. The molecule has 1 saturated heterocycles. The van der Waals surface area contributed by atoms with Crippen LogP contribution in [0.4, 0.5) is 0 Å². The second-order valence-corrected chi connectivity index (χ2v) is 10.4. The van der Waals surface area contributed by atoms with E-state index in [4.69, 9.17) is 11.6 Å². The molecule has 4 rings (SSSR count). The maximum Gasteiger partial charge on any atom is 0.245 e. The number of carbonyl (C=O) groups excluding carboxylic acids is 1. The van der Waals surface area contributed by atoms with Gasteiger partial charge in [-0.25, -0.2) is 8.42 Å². The molecule has 2 fully saturated rings. The van der Waals surface area contributed by atoms with Crippen LogP contribution in [-0.2, 0) is 14.8 Å². The Morgan fingerprint density at radius 3 is 2.40 bits per heavy atom. The fraction of sp³-hybridized carbons (Fsp3) is 0.455. The molecule has 2 aromatic rings. The van der Waals surface area contributed by atoms with Gasteiger partial charge in [0.25, 0.3) is 0 Å². The molecule has 160 valence electrons. The molecular formula is C22H26ClN3O3S. The third-order valence-electron chi connectivity index (χ3n) is 6.18. The summed E-state index contributed by atoms with van der Waals surface area (Å²) in [5, 5.41) is 0.321. The zero-order chi connectivity index (χ0) is 21.3. The van der Waals surface area contributed by atoms with Crippen LogP contribution in [0.5, 0.6) is 0 Å². The number of piperazine rings is 1. The molecule has 1 unspecified atom stereocenters. The Kier molecular flexibility index (Phi) is 6.14. The first-order valence-electron chi connectivity index (χ1n) is 10.4. The van der Waals surface area contributed by atoms with Crippen LogP contribution >= 0.6 is 11.6 Å². The summed E-state index contributed by atoms with van der Waals surface area (Å²) in [6.07, 6.45) is 4.53. The van der Waals surface area contributed by atoms with Gasteiger partial charge in [0.2, 0.25) is 15.9 Å². The van der Waals surface area contributed by atoms with E-state index in [1.165, 1.54) is 16.6 Å². The van der Waals surface area contributed by atoms with Crippen molar-refractivity contribution >= 4 is 27.5 Å². The zero-order valence-electron chi connectivity index (χ0n) is 17.0. The van der Waals surface area contributed by atoms with Gasteiger partial charge < -0.3 is 4.90 Å². The van der Waals surface area contributed by atoms with Crippen LogP contribution in [0, 0.1) is 0 Å². The lowest BCUT2D eigenvalue weighted by molar-refractivity contribution is -0.133. The summed E-state index contributed by atoms with van der Waals surface area (Å²) in [5.74, 6) is -0.0452. The van der Waals surface area contributed by atoms with Crippen LogP contribution in [0.1, 0.15) is 49.3 Å². The van der Waals surface area contributed by atoms with Crippen molar-refractivity contribution in [1.82, 2.24) is 14.2 Å². The van der Waals surface area contributed by atoms with Gasteiger partial charge in [-0.1, -0.05) is 48.4 Å². The maximum atomic E-state index is 13.4. The number of halogens is 1. The van der Waals surface area contributed by atoms with E-state index in [1.54, 1.807) is 4.90 Å². The maximum absolute atomic E-state index is 13.4. The molecule has 1 aromatic heterocycles. The molecule has 1 atom stereocenters. The summed E-state index contributed by atoms with van der Waals surface area (Å²) < 4.78 is 28.2. The molecule has 6 nitrogen and oxygen atoms in total. The molecule has 1 amide bonds. The number of sulfonamides is 1. The number of amides is 1. The SMILES string of the molecule is CC(C(=O)N1CCN(S(=O)(=O)c2cc(Cl)cnc2C2CCC2)CC1)c1ccccc1. The number of benzene rings is 1. The highest BCUT2D eigenvalue weighted by Crippen LogP contribution is 2.39. The minimum Gasteiger partial charge on any atom is -0.340 e. The van der Waals surface area contributed by atoms with Gasteiger partial charge >= 0.3 is 0 Å². The Bertz CT molecular complexity index is 1020. The van der Waals surface area contributed by atoms with Gasteiger partial charge in [0, 0.05) is 38.3 Å². The summed E-state index contributed by atoms with van der Waals surface area (Å²) in [7, 11) is -3.71. The van der Waals surface area contributed by atoms with Crippen molar-refractivity contribution in [3.8, 4) is 0 Å². The van der Waals surface area contributed by atoms with E-state index >= 15 is 0 Å². The number of rotatable bonds is 5. The van der Waals surface area contributed by atoms with E-state index < -0.39 is 10.0 Å². The quantitative estimate of drug-likeness (QED) is 0.701. The normalized spacial score (nSPS) is 19.3. The molecule has 0 radical (unpaired) electrons. The summed E-state index contributed by atoms with van der Waals surface area (Å²) >= 11 is 6.09. The highest BCUT2D eigenvalue weighted by Gasteiger charge is 2.35. The predicted octanol–water partition coefficient (Wildman–Crippen LogP) is 3.64. The lowest BCUT2D eigenvalue weighted by atomic mass is 9.83. The molecule has 2 heterocycles. The van der Waals surface area contributed by atoms with Crippen molar-refractivity contribution in [2.45, 2.75) is 42.9 Å². The lowest BCUT2D eigenvalue weighted by Gasteiger charge is -2.36. The topological polar surface area (TPSA) is 70.6 Å². The standard InChI is InChI=1S/C22H26ClN3O3S/c1-16(17-6-3-2-4-7-17)22(27)25-10-12-26(13-11-25)30(28,29)20-14-19(23)15-24-21(20)18-8-5-9-18/h2-4,6-7,14-16,18H,5,8-13H2,1H3. The lowest BCUT2D eigenvalue weighted by Crippen LogP contribution is -2.51. The molecule has 0 N–H and O–H groups in total. The van der Waals surface area contributed by atoms with Gasteiger partial charge in [0.15, 0.2) is 0 Å². The predicted molar refractivity (Wildman–Crippen MR) is 116 cm³/mol. The molecule has 1 aliphatic heterocycles.